The first-order valence-electron chi connectivity index (χ1n) is 13.9. The van der Waals surface area contributed by atoms with Gasteiger partial charge in [-0.25, -0.2) is 9.97 Å². The molecule has 0 saturated heterocycles. The molecule has 0 atom stereocenters. The second kappa shape index (κ2) is 12.1. The van der Waals surface area contributed by atoms with Gasteiger partial charge in [0.2, 0.25) is 0 Å². The van der Waals surface area contributed by atoms with Gasteiger partial charge >= 0.3 is 17.1 Å². The molecule has 0 spiro atoms. The molecule has 8 bridgehead atoms. The van der Waals surface area contributed by atoms with Crippen LogP contribution in [0.1, 0.15) is 0 Å². The van der Waals surface area contributed by atoms with Crippen LogP contribution in [0.25, 0.3) is 89.4 Å². The van der Waals surface area contributed by atoms with Gasteiger partial charge in [-0.15, -0.1) is 0 Å². The molecule has 3 aromatic heterocycles. The Hall–Kier alpha value is -2.85. The first kappa shape index (κ1) is 33.3. The molecular weight excluding hydrogens is 842 g/mol. The predicted octanol–water partition coefficient (Wildman–Crippen LogP) is 12.0. The molecule has 4 aromatic carbocycles. The van der Waals surface area contributed by atoms with Gasteiger partial charge in [-0.3, -0.25) is 0 Å². The number of hydrogen-bond donors (Lipinski definition) is 0. The van der Waals surface area contributed by atoms with Crippen LogP contribution >= 0.6 is 92.8 Å². The number of rotatable bonds is 0. The Bertz CT molecular complexity index is 2430. The number of halogens is 8. The summed E-state index contributed by atoms with van der Waals surface area (Å²) in [5, 5.41) is 5.16. The second-order valence-electron chi connectivity index (χ2n) is 10.8. The summed E-state index contributed by atoms with van der Waals surface area (Å²) in [7, 11) is 0. The van der Waals surface area contributed by atoms with Crippen LogP contribution in [0.3, 0.4) is 0 Å². The van der Waals surface area contributed by atoms with Crippen molar-refractivity contribution < 1.29 is 17.1 Å². The molecule has 5 heterocycles. The van der Waals surface area contributed by atoms with Crippen molar-refractivity contribution in [1.82, 2.24) is 34.9 Å². The van der Waals surface area contributed by atoms with Crippen LogP contribution < -0.4 is 9.97 Å². The molecule has 9 rings (SSSR count). The van der Waals surface area contributed by atoms with Crippen molar-refractivity contribution in [3.05, 3.63) is 94.8 Å². The minimum Gasteiger partial charge on any atom is -0.435 e. The maximum Gasteiger partial charge on any atom is 2.00 e. The number of hydrogen-bond acceptors (Lipinski definition) is 5. The summed E-state index contributed by atoms with van der Waals surface area (Å²) < 4.78 is 0. The number of fused-ring (bicyclic) bond motifs is 20. The first-order valence-corrected chi connectivity index (χ1v) is 16.9. The molecule has 0 N–H and O–H groups in total. The molecule has 2 aliphatic rings. The van der Waals surface area contributed by atoms with Crippen molar-refractivity contribution in [3.63, 3.8) is 0 Å². The van der Waals surface area contributed by atoms with Gasteiger partial charge in [-0.05, 0) is 87.3 Å². The van der Waals surface area contributed by atoms with Gasteiger partial charge in [0.1, 0.15) is 0 Å². The van der Waals surface area contributed by atoms with Crippen molar-refractivity contribution in [1.29, 1.82) is 0 Å². The third-order valence-electron chi connectivity index (χ3n) is 8.04. The Balaban J connectivity index is 0.00000348. The topological polar surface area (TPSA) is 92.7 Å². The predicted molar refractivity (Wildman–Crippen MR) is 196 cm³/mol. The van der Waals surface area contributed by atoms with Crippen molar-refractivity contribution in [2.24, 2.45) is 0 Å². The quantitative estimate of drug-likeness (QED) is 0.140. The Morgan fingerprint density at radius 3 is 1.22 bits per heavy atom. The van der Waals surface area contributed by atoms with E-state index in [9.17, 15) is 0 Å². The Morgan fingerprint density at radius 1 is 0.367 bits per heavy atom. The van der Waals surface area contributed by atoms with E-state index in [1.165, 1.54) is 0 Å². The van der Waals surface area contributed by atoms with Crippen LogP contribution in [0.2, 0.25) is 40.2 Å². The average molecular weight is 851 g/mol. The normalized spacial score (nSPS) is 11.9. The van der Waals surface area contributed by atoms with Crippen LogP contribution in [-0.2, 0) is 17.1 Å². The SMILES string of the molecule is Clc1cc2c3cc4nc(nc5[n-]c(nc6nc(nc([n-]3)c2cc1Cl)-c1c(Cl)ccc(Cl)c1-6)c1cc(Cl)c(Cl)cc51)-c1c(Cl)ccc(Cl)c1-4.[Cu+2]. The molecule has 0 unspecified atom stereocenters. The van der Waals surface area contributed by atoms with Crippen LogP contribution in [0.4, 0.5) is 0 Å². The van der Waals surface area contributed by atoms with Crippen molar-refractivity contribution in [2.45, 2.75) is 0 Å². The van der Waals surface area contributed by atoms with Gasteiger partial charge in [0.15, 0.2) is 0 Å². The Labute approximate surface area is 326 Å². The summed E-state index contributed by atoms with van der Waals surface area (Å²) in [6, 6.07) is 15.2. The molecule has 2 aliphatic heterocycles. The molecule has 16 heteroatoms. The minimum absolute atomic E-state index is 0. The fourth-order valence-corrected chi connectivity index (χ4v) is 7.54. The smallest absolute Gasteiger partial charge is 0.435 e. The minimum atomic E-state index is 0. The van der Waals surface area contributed by atoms with E-state index >= 15 is 0 Å². The molecule has 7 nitrogen and oxygen atoms in total. The van der Waals surface area contributed by atoms with Gasteiger partial charge in [-0.2, -0.15) is 0 Å². The van der Waals surface area contributed by atoms with Crippen molar-refractivity contribution in [2.75, 3.05) is 0 Å². The van der Waals surface area contributed by atoms with Gasteiger partial charge in [-0.1, -0.05) is 92.8 Å². The molecule has 0 saturated carbocycles. The summed E-state index contributed by atoms with van der Waals surface area (Å²) in [4.78, 5) is 34.0. The van der Waals surface area contributed by atoms with Crippen molar-refractivity contribution >= 4 is 137 Å². The van der Waals surface area contributed by atoms with E-state index in [1.807, 2.05) is 0 Å². The molecule has 0 amide bonds. The standard InChI is InChI=1S/C33H9Cl8N7.Cu/c34-14-1-2-15(35)25-24(14)23-9-22-10-5-18(38)19(39)6-11(10)28(42-22)45-32-26-16(36)3-4-17(37)27(26)33(48-32)47-30-13-8-21(41)20(40)7-12(13)29(44-30)46-31(25)43-23;/h1-9H;/q-2;+2. The molecule has 0 aliphatic carbocycles. The van der Waals surface area contributed by atoms with Crippen LogP contribution in [0.15, 0.2) is 54.6 Å². The van der Waals surface area contributed by atoms with Crippen LogP contribution in [0, 0.1) is 0 Å². The summed E-state index contributed by atoms with van der Waals surface area (Å²) >= 11 is 53.0. The first-order chi connectivity index (χ1) is 23.0. The van der Waals surface area contributed by atoms with E-state index in [1.54, 1.807) is 54.6 Å². The maximum absolute atomic E-state index is 6.78. The van der Waals surface area contributed by atoms with Crippen molar-refractivity contribution in [3.8, 4) is 45.4 Å². The summed E-state index contributed by atoms with van der Waals surface area (Å²) in [5.41, 5.74) is 3.80. The van der Waals surface area contributed by atoms with E-state index in [2.05, 4.69) is 0 Å². The zero-order valence-electron chi connectivity index (χ0n) is 23.7. The van der Waals surface area contributed by atoms with Gasteiger partial charge in [0.05, 0.1) is 63.3 Å². The second-order valence-corrected chi connectivity index (χ2v) is 14.1. The monoisotopic (exact) mass is 846 g/mol. The number of nitrogens with zero attached hydrogens (tertiary/aromatic N) is 7. The average Bonchev–Trinajstić information content (AvgIpc) is 3.77. The Morgan fingerprint density at radius 2 is 0.735 bits per heavy atom. The van der Waals surface area contributed by atoms with E-state index in [0.717, 1.165) is 0 Å². The number of aromatic nitrogens is 7. The van der Waals surface area contributed by atoms with E-state index in [-0.39, 0.29) is 45.8 Å². The van der Waals surface area contributed by atoms with Gasteiger partial charge in [0, 0.05) is 33.5 Å². The fourth-order valence-electron chi connectivity index (χ4n) is 5.91. The van der Waals surface area contributed by atoms with E-state index in [0.29, 0.717) is 101 Å². The third-order valence-corrected chi connectivity index (χ3v) is 10.7. The zero-order valence-corrected chi connectivity index (χ0v) is 30.6. The van der Waals surface area contributed by atoms with Gasteiger partial charge in [0.25, 0.3) is 0 Å². The molecule has 243 valence electrons. The molecule has 7 aromatic rings. The molecule has 49 heavy (non-hydrogen) atoms. The molecule has 1 radical (unpaired) electrons. The molecule has 0 fully saturated rings. The Kier molecular flexibility index (Phi) is 8.25. The summed E-state index contributed by atoms with van der Waals surface area (Å²) in [6.45, 7) is 0. The van der Waals surface area contributed by atoms with Crippen LogP contribution in [0.5, 0.6) is 0 Å². The number of benzene rings is 4. The van der Waals surface area contributed by atoms with E-state index in [4.69, 9.17) is 128 Å². The fraction of sp³-hybridized carbons (Fsp3) is 0. The summed E-state index contributed by atoms with van der Waals surface area (Å²) in [6.07, 6.45) is 0. The maximum atomic E-state index is 6.78. The third kappa shape index (κ3) is 5.20. The summed E-state index contributed by atoms with van der Waals surface area (Å²) in [5.74, 6) is 0.720. The molecular formula is C33H9Cl8CuN7. The zero-order chi connectivity index (χ0) is 33.2. The van der Waals surface area contributed by atoms with Crippen LogP contribution in [-0.4, -0.2) is 24.9 Å². The van der Waals surface area contributed by atoms with Gasteiger partial charge < -0.3 is 24.9 Å². The largest absolute Gasteiger partial charge is 2.00 e. The van der Waals surface area contributed by atoms with E-state index < -0.39 is 0 Å².